The molecule has 0 aliphatic heterocycles. The van der Waals surface area contributed by atoms with Gasteiger partial charge in [0.1, 0.15) is 12.4 Å². The van der Waals surface area contributed by atoms with E-state index in [1.165, 1.54) is 0 Å². The molecule has 0 N–H and O–H groups in total. The van der Waals surface area contributed by atoms with Crippen molar-refractivity contribution < 1.29 is 14.6 Å². The van der Waals surface area contributed by atoms with Gasteiger partial charge in [-0.2, -0.15) is 0 Å². The minimum absolute atomic E-state index is 0.105. The Morgan fingerprint density at radius 3 is 2.76 bits per heavy atom. The van der Waals surface area contributed by atoms with Gasteiger partial charge in [-0.3, -0.25) is 10.1 Å². The van der Waals surface area contributed by atoms with Crippen molar-refractivity contribution >= 4 is 11.7 Å². The fourth-order valence-electron chi connectivity index (χ4n) is 1.95. The van der Waals surface area contributed by atoms with Crippen molar-refractivity contribution in [2.75, 3.05) is 0 Å². The number of carbonyl (C=O) groups excluding carboxylic acids is 1. The monoisotopic (exact) mass is 239 g/mol. The minimum atomic E-state index is -0.585. The van der Waals surface area contributed by atoms with Crippen molar-refractivity contribution in [3.63, 3.8) is 0 Å². The van der Waals surface area contributed by atoms with Crippen molar-refractivity contribution in [1.29, 1.82) is 0 Å². The lowest BCUT2D eigenvalue weighted by Gasteiger charge is -2.18. The van der Waals surface area contributed by atoms with Crippen LogP contribution >= 0.6 is 0 Å². The summed E-state index contributed by atoms with van der Waals surface area (Å²) in [7, 11) is 0. The fourth-order valence-corrected chi connectivity index (χ4v) is 1.95. The van der Waals surface area contributed by atoms with Crippen LogP contribution in [0.5, 0.6) is 0 Å². The van der Waals surface area contributed by atoms with E-state index < -0.39 is 4.92 Å². The highest BCUT2D eigenvalue weighted by molar-refractivity contribution is 5.72. The number of hydrogen-bond donors (Lipinski definition) is 0. The highest BCUT2D eigenvalue weighted by Gasteiger charge is 2.24. The van der Waals surface area contributed by atoms with Gasteiger partial charge in [0.15, 0.2) is 0 Å². The molecule has 0 saturated heterocycles. The molecule has 2 rings (SSSR count). The second-order valence-corrected chi connectivity index (χ2v) is 4.10. The zero-order valence-corrected chi connectivity index (χ0v) is 9.24. The van der Waals surface area contributed by atoms with Crippen LogP contribution in [0.2, 0.25) is 0 Å². The molecular formula is C10H13N3O4. The number of rotatable bonds is 3. The highest BCUT2D eigenvalue weighted by atomic mass is 16.7. The van der Waals surface area contributed by atoms with Gasteiger partial charge in [0.05, 0.1) is 10.8 Å². The van der Waals surface area contributed by atoms with E-state index in [4.69, 9.17) is 4.84 Å². The lowest BCUT2D eigenvalue weighted by atomic mass is 9.89. The van der Waals surface area contributed by atoms with Crippen LogP contribution in [0.4, 0.5) is 5.69 Å². The molecule has 0 radical (unpaired) electrons. The molecule has 17 heavy (non-hydrogen) atoms. The Labute approximate surface area is 97.5 Å². The molecule has 0 aromatic carbocycles. The molecule has 1 saturated carbocycles. The summed E-state index contributed by atoms with van der Waals surface area (Å²) < 4.78 is 0. The van der Waals surface area contributed by atoms with E-state index >= 15 is 0 Å². The molecule has 1 heterocycles. The molecule has 7 heteroatoms. The Morgan fingerprint density at radius 1 is 1.47 bits per heavy atom. The third kappa shape index (κ3) is 2.80. The summed E-state index contributed by atoms with van der Waals surface area (Å²) in [5.74, 6) is -0.463. The van der Waals surface area contributed by atoms with Gasteiger partial charge in [0, 0.05) is 0 Å². The zero-order valence-electron chi connectivity index (χ0n) is 9.24. The molecule has 0 unspecified atom stereocenters. The Balaban J connectivity index is 1.94. The quantitative estimate of drug-likeness (QED) is 0.586. The number of carbonyl (C=O) groups is 1. The maximum Gasteiger partial charge on any atom is 0.337 e. The Bertz CT molecular complexity index is 423. The van der Waals surface area contributed by atoms with E-state index in [1.54, 1.807) is 0 Å². The number of aromatic nitrogens is 2. The molecule has 0 bridgehead atoms. The first kappa shape index (κ1) is 11.6. The normalized spacial score (nSPS) is 16.7. The molecule has 1 aromatic rings. The maximum atomic E-state index is 11.7. The Kier molecular flexibility index (Phi) is 3.36. The summed E-state index contributed by atoms with van der Waals surface area (Å²) in [6.45, 7) is 0. The SMILES string of the molecule is O=C(On1cc([N+](=O)[O-])cn1)C1CCCCC1. The van der Waals surface area contributed by atoms with Crippen LogP contribution < -0.4 is 4.84 Å². The van der Waals surface area contributed by atoms with E-state index in [-0.39, 0.29) is 17.6 Å². The molecule has 0 atom stereocenters. The van der Waals surface area contributed by atoms with E-state index in [1.807, 2.05) is 0 Å². The summed E-state index contributed by atoms with van der Waals surface area (Å²) in [5.41, 5.74) is -0.193. The highest BCUT2D eigenvalue weighted by Crippen LogP contribution is 2.24. The molecule has 92 valence electrons. The summed E-state index contributed by atoms with van der Waals surface area (Å²) >= 11 is 0. The maximum absolute atomic E-state index is 11.7. The molecule has 7 nitrogen and oxygen atoms in total. The van der Waals surface area contributed by atoms with E-state index in [2.05, 4.69) is 5.10 Å². The number of nitro groups is 1. The van der Waals surface area contributed by atoms with Gasteiger partial charge in [-0.15, -0.1) is 5.10 Å². The van der Waals surface area contributed by atoms with Crippen LogP contribution in [-0.2, 0) is 4.79 Å². The standard InChI is InChI=1S/C10H13N3O4/c14-10(8-4-2-1-3-5-8)17-12-7-9(6-11-12)13(15)16/h6-8H,1-5H2. The van der Waals surface area contributed by atoms with E-state index in [0.717, 1.165) is 49.3 Å². The summed E-state index contributed by atoms with van der Waals surface area (Å²) in [6.07, 6.45) is 6.98. The average Bonchev–Trinajstić information content (AvgIpc) is 2.79. The van der Waals surface area contributed by atoms with Gasteiger partial charge in [-0.1, -0.05) is 24.1 Å². The van der Waals surface area contributed by atoms with Gasteiger partial charge in [-0.05, 0) is 12.8 Å². The van der Waals surface area contributed by atoms with Crippen molar-refractivity contribution in [2.24, 2.45) is 5.92 Å². The predicted molar refractivity (Wildman–Crippen MR) is 57.0 cm³/mol. The van der Waals surface area contributed by atoms with Crippen molar-refractivity contribution in [2.45, 2.75) is 32.1 Å². The average molecular weight is 239 g/mol. The molecule has 1 fully saturated rings. The summed E-state index contributed by atoms with van der Waals surface area (Å²) in [5, 5.41) is 14.0. The van der Waals surface area contributed by atoms with Crippen molar-refractivity contribution in [1.82, 2.24) is 9.94 Å². The number of nitrogens with zero attached hydrogens (tertiary/aromatic N) is 3. The lowest BCUT2D eigenvalue weighted by molar-refractivity contribution is -0.385. The molecule has 0 spiro atoms. The molecule has 0 amide bonds. The Hall–Kier alpha value is -1.92. The van der Waals surface area contributed by atoms with Crippen molar-refractivity contribution in [3.8, 4) is 0 Å². The van der Waals surface area contributed by atoms with Gasteiger partial charge in [-0.25, -0.2) is 4.79 Å². The minimum Gasteiger partial charge on any atom is -0.319 e. The smallest absolute Gasteiger partial charge is 0.319 e. The van der Waals surface area contributed by atoms with Crippen LogP contribution in [0.3, 0.4) is 0 Å². The summed E-state index contributed by atoms with van der Waals surface area (Å²) in [6, 6.07) is 0. The first-order valence-corrected chi connectivity index (χ1v) is 5.58. The van der Waals surface area contributed by atoms with Crippen LogP contribution in [0.1, 0.15) is 32.1 Å². The second-order valence-electron chi connectivity index (χ2n) is 4.10. The van der Waals surface area contributed by atoms with E-state index in [0.29, 0.717) is 0 Å². The van der Waals surface area contributed by atoms with Gasteiger partial charge in [0.25, 0.3) is 0 Å². The van der Waals surface area contributed by atoms with Crippen LogP contribution in [0.25, 0.3) is 0 Å². The number of hydrogen-bond acceptors (Lipinski definition) is 5. The topological polar surface area (TPSA) is 87.3 Å². The molecule has 1 aliphatic rings. The van der Waals surface area contributed by atoms with E-state index in [9.17, 15) is 14.9 Å². The van der Waals surface area contributed by atoms with Crippen LogP contribution in [-0.4, -0.2) is 20.8 Å². The Morgan fingerprint density at radius 2 is 2.18 bits per heavy atom. The van der Waals surface area contributed by atoms with Crippen LogP contribution in [0, 0.1) is 16.0 Å². The third-order valence-corrected chi connectivity index (χ3v) is 2.88. The first-order chi connectivity index (χ1) is 8.16. The molecule has 1 aromatic heterocycles. The van der Waals surface area contributed by atoms with Crippen molar-refractivity contribution in [3.05, 3.63) is 22.5 Å². The molecular weight excluding hydrogens is 226 g/mol. The zero-order chi connectivity index (χ0) is 12.3. The largest absolute Gasteiger partial charge is 0.337 e. The van der Waals surface area contributed by atoms with Gasteiger partial charge >= 0.3 is 11.7 Å². The second kappa shape index (κ2) is 4.94. The first-order valence-electron chi connectivity index (χ1n) is 5.58. The molecule has 1 aliphatic carbocycles. The van der Waals surface area contributed by atoms with Crippen LogP contribution in [0.15, 0.2) is 12.4 Å². The lowest BCUT2D eigenvalue weighted by Crippen LogP contribution is -2.28. The van der Waals surface area contributed by atoms with Gasteiger partial charge in [0.2, 0.25) is 0 Å². The third-order valence-electron chi connectivity index (χ3n) is 2.88. The predicted octanol–water partition coefficient (Wildman–Crippen LogP) is 1.33. The fraction of sp³-hybridized carbons (Fsp3) is 0.600. The van der Waals surface area contributed by atoms with Gasteiger partial charge < -0.3 is 4.84 Å². The summed E-state index contributed by atoms with van der Waals surface area (Å²) in [4.78, 5) is 27.3.